The Morgan fingerprint density at radius 3 is 2.40 bits per heavy atom. The Balaban J connectivity index is 1.61. The Hall–Kier alpha value is -2.65. The molecule has 3 heteroatoms. The standard InChI is InChI=1S/C22H24N2O/c1-17-6-2-3-7-19(17)16-25-21-11-9-18(10-12-21)14-20(15-23)22-8-4-5-13-24-22/h2-13,20H,14-16,23H2,1H3. The van der Waals surface area contributed by atoms with E-state index >= 15 is 0 Å². The molecule has 0 spiro atoms. The van der Waals surface area contributed by atoms with Crippen LogP contribution in [0.5, 0.6) is 5.75 Å². The largest absolute Gasteiger partial charge is 0.489 e. The molecule has 1 heterocycles. The second-order valence-electron chi connectivity index (χ2n) is 6.25. The molecule has 1 aromatic heterocycles. The van der Waals surface area contributed by atoms with Gasteiger partial charge in [0.15, 0.2) is 0 Å². The highest BCUT2D eigenvalue weighted by atomic mass is 16.5. The van der Waals surface area contributed by atoms with E-state index in [0.29, 0.717) is 13.2 Å². The van der Waals surface area contributed by atoms with Gasteiger partial charge in [0.2, 0.25) is 0 Å². The van der Waals surface area contributed by atoms with Crippen molar-refractivity contribution in [2.75, 3.05) is 6.54 Å². The molecule has 1 unspecified atom stereocenters. The first-order chi connectivity index (χ1) is 12.3. The van der Waals surface area contributed by atoms with Crippen molar-refractivity contribution in [3.8, 4) is 5.75 Å². The Morgan fingerprint density at radius 1 is 0.960 bits per heavy atom. The molecule has 3 rings (SSSR count). The van der Waals surface area contributed by atoms with Gasteiger partial charge in [-0.2, -0.15) is 0 Å². The van der Waals surface area contributed by atoms with Gasteiger partial charge < -0.3 is 10.5 Å². The fourth-order valence-corrected chi connectivity index (χ4v) is 2.87. The maximum atomic E-state index is 5.94. The summed E-state index contributed by atoms with van der Waals surface area (Å²) >= 11 is 0. The lowest BCUT2D eigenvalue weighted by Gasteiger charge is -2.15. The number of aromatic nitrogens is 1. The molecule has 2 N–H and O–H groups in total. The lowest BCUT2D eigenvalue weighted by Crippen LogP contribution is -2.16. The minimum absolute atomic E-state index is 0.236. The lowest BCUT2D eigenvalue weighted by atomic mass is 9.96. The van der Waals surface area contributed by atoms with Gasteiger partial charge in [-0.3, -0.25) is 4.98 Å². The zero-order chi connectivity index (χ0) is 17.5. The average molecular weight is 332 g/mol. The summed E-state index contributed by atoms with van der Waals surface area (Å²) < 4.78 is 5.91. The van der Waals surface area contributed by atoms with Crippen LogP contribution in [-0.4, -0.2) is 11.5 Å². The van der Waals surface area contributed by atoms with Gasteiger partial charge in [-0.15, -0.1) is 0 Å². The van der Waals surface area contributed by atoms with E-state index in [0.717, 1.165) is 17.9 Å². The first-order valence-corrected chi connectivity index (χ1v) is 8.63. The molecule has 0 aliphatic carbocycles. The van der Waals surface area contributed by atoms with Crippen molar-refractivity contribution in [2.24, 2.45) is 5.73 Å². The zero-order valence-electron chi connectivity index (χ0n) is 14.6. The first kappa shape index (κ1) is 17.2. The van der Waals surface area contributed by atoms with Crippen molar-refractivity contribution in [2.45, 2.75) is 25.9 Å². The molecule has 0 aliphatic heterocycles. The Labute approximate surface area is 149 Å². The number of benzene rings is 2. The van der Waals surface area contributed by atoms with Gasteiger partial charge in [-0.05, 0) is 54.3 Å². The van der Waals surface area contributed by atoms with Crippen LogP contribution in [0.25, 0.3) is 0 Å². The quantitative estimate of drug-likeness (QED) is 0.703. The van der Waals surface area contributed by atoms with Gasteiger partial charge in [-0.1, -0.05) is 42.5 Å². The highest BCUT2D eigenvalue weighted by Crippen LogP contribution is 2.21. The van der Waals surface area contributed by atoms with E-state index in [-0.39, 0.29) is 5.92 Å². The van der Waals surface area contributed by atoms with Crippen LogP contribution < -0.4 is 10.5 Å². The SMILES string of the molecule is Cc1ccccc1COc1ccc(CC(CN)c2ccccn2)cc1. The topological polar surface area (TPSA) is 48.1 Å². The fourth-order valence-electron chi connectivity index (χ4n) is 2.87. The number of hydrogen-bond acceptors (Lipinski definition) is 3. The van der Waals surface area contributed by atoms with Crippen LogP contribution in [0.2, 0.25) is 0 Å². The third kappa shape index (κ3) is 4.68. The molecule has 0 fully saturated rings. The highest BCUT2D eigenvalue weighted by molar-refractivity contribution is 5.30. The second-order valence-corrected chi connectivity index (χ2v) is 6.25. The average Bonchev–Trinajstić information content (AvgIpc) is 2.67. The summed E-state index contributed by atoms with van der Waals surface area (Å²) in [6.07, 6.45) is 2.70. The van der Waals surface area contributed by atoms with Crippen LogP contribution in [0.3, 0.4) is 0 Å². The van der Waals surface area contributed by atoms with E-state index in [2.05, 4.69) is 36.2 Å². The van der Waals surface area contributed by atoms with E-state index in [4.69, 9.17) is 10.5 Å². The van der Waals surface area contributed by atoms with Crippen LogP contribution in [-0.2, 0) is 13.0 Å². The fraction of sp³-hybridized carbons (Fsp3) is 0.227. The number of ether oxygens (including phenoxy) is 1. The van der Waals surface area contributed by atoms with Crippen LogP contribution in [0, 0.1) is 6.92 Å². The molecule has 0 amide bonds. The number of nitrogens with two attached hydrogens (primary N) is 1. The monoisotopic (exact) mass is 332 g/mol. The van der Waals surface area contributed by atoms with Crippen molar-refractivity contribution in [1.29, 1.82) is 0 Å². The summed E-state index contributed by atoms with van der Waals surface area (Å²) in [6.45, 7) is 3.28. The number of rotatable bonds is 7. The normalized spacial score (nSPS) is 11.9. The van der Waals surface area contributed by atoms with Gasteiger partial charge in [0.05, 0.1) is 0 Å². The summed E-state index contributed by atoms with van der Waals surface area (Å²) in [5.41, 5.74) is 10.7. The molecule has 3 nitrogen and oxygen atoms in total. The van der Waals surface area contributed by atoms with Crippen molar-refractivity contribution in [3.63, 3.8) is 0 Å². The van der Waals surface area contributed by atoms with E-state index in [1.807, 2.05) is 48.7 Å². The maximum absolute atomic E-state index is 5.94. The Morgan fingerprint density at radius 2 is 1.72 bits per heavy atom. The van der Waals surface area contributed by atoms with Crippen molar-refractivity contribution in [3.05, 3.63) is 95.3 Å². The second kappa shape index (κ2) is 8.45. The molecule has 25 heavy (non-hydrogen) atoms. The molecule has 0 saturated heterocycles. The third-order valence-corrected chi connectivity index (χ3v) is 4.45. The van der Waals surface area contributed by atoms with E-state index < -0.39 is 0 Å². The molecule has 1 atom stereocenters. The van der Waals surface area contributed by atoms with Crippen LogP contribution in [0.4, 0.5) is 0 Å². The van der Waals surface area contributed by atoms with Crippen molar-refractivity contribution in [1.82, 2.24) is 4.98 Å². The minimum atomic E-state index is 0.236. The van der Waals surface area contributed by atoms with E-state index in [1.165, 1.54) is 16.7 Å². The maximum Gasteiger partial charge on any atom is 0.119 e. The smallest absolute Gasteiger partial charge is 0.119 e. The molecule has 0 aliphatic rings. The summed E-state index contributed by atoms with van der Waals surface area (Å²) in [6, 6.07) is 22.5. The molecule has 0 saturated carbocycles. The summed E-state index contributed by atoms with van der Waals surface area (Å²) in [7, 11) is 0. The predicted octanol–water partition coefficient (Wildman–Crippen LogP) is 4.25. The molecular weight excluding hydrogens is 308 g/mol. The molecule has 128 valence electrons. The third-order valence-electron chi connectivity index (χ3n) is 4.45. The Bertz CT molecular complexity index is 785. The van der Waals surface area contributed by atoms with Gasteiger partial charge in [0.1, 0.15) is 12.4 Å². The van der Waals surface area contributed by atoms with Gasteiger partial charge in [0, 0.05) is 24.4 Å². The molecule has 0 radical (unpaired) electrons. The predicted molar refractivity (Wildman–Crippen MR) is 102 cm³/mol. The highest BCUT2D eigenvalue weighted by Gasteiger charge is 2.11. The van der Waals surface area contributed by atoms with E-state index in [9.17, 15) is 0 Å². The van der Waals surface area contributed by atoms with Gasteiger partial charge >= 0.3 is 0 Å². The lowest BCUT2D eigenvalue weighted by molar-refractivity contribution is 0.305. The van der Waals surface area contributed by atoms with Crippen molar-refractivity contribution < 1.29 is 4.74 Å². The first-order valence-electron chi connectivity index (χ1n) is 8.63. The van der Waals surface area contributed by atoms with Crippen LogP contribution >= 0.6 is 0 Å². The van der Waals surface area contributed by atoms with Crippen molar-refractivity contribution >= 4 is 0 Å². The van der Waals surface area contributed by atoms with Gasteiger partial charge in [-0.25, -0.2) is 0 Å². The van der Waals surface area contributed by atoms with E-state index in [1.54, 1.807) is 0 Å². The zero-order valence-corrected chi connectivity index (χ0v) is 14.6. The molecule has 0 bridgehead atoms. The number of aryl methyl sites for hydroxylation is 1. The minimum Gasteiger partial charge on any atom is -0.489 e. The molecule has 2 aromatic carbocycles. The number of nitrogens with zero attached hydrogens (tertiary/aromatic N) is 1. The van der Waals surface area contributed by atoms with Crippen LogP contribution in [0.15, 0.2) is 72.9 Å². The van der Waals surface area contributed by atoms with Gasteiger partial charge in [0.25, 0.3) is 0 Å². The Kier molecular flexibility index (Phi) is 5.81. The van der Waals surface area contributed by atoms with Crippen LogP contribution in [0.1, 0.15) is 28.3 Å². The molecule has 3 aromatic rings. The molecular formula is C22H24N2O. The number of hydrogen-bond donors (Lipinski definition) is 1. The number of pyridine rings is 1. The summed E-state index contributed by atoms with van der Waals surface area (Å²) in [5.74, 6) is 1.12. The summed E-state index contributed by atoms with van der Waals surface area (Å²) in [5, 5.41) is 0. The summed E-state index contributed by atoms with van der Waals surface area (Å²) in [4.78, 5) is 4.43.